The average Bonchev–Trinajstić information content (AvgIpc) is 2.99. The molecule has 120 valence electrons. The zero-order valence-corrected chi connectivity index (χ0v) is 14.1. The SMILES string of the molecule is C=C/C=C(\C(=C)C)C1=C2N=C(N(C)C)N=C2c2ccccc2C1=O. The molecule has 0 amide bonds. The van der Waals surface area contributed by atoms with Crippen molar-refractivity contribution in [3.05, 3.63) is 83.1 Å². The van der Waals surface area contributed by atoms with Crippen LogP contribution in [0.15, 0.2) is 82.0 Å². The van der Waals surface area contributed by atoms with Crippen molar-refractivity contribution in [2.24, 2.45) is 9.98 Å². The highest BCUT2D eigenvalue weighted by molar-refractivity contribution is 6.33. The second-order valence-electron chi connectivity index (χ2n) is 5.96. The third-order valence-corrected chi connectivity index (χ3v) is 3.95. The second kappa shape index (κ2) is 5.89. The predicted octanol–water partition coefficient (Wildman–Crippen LogP) is 3.55. The first-order valence-electron chi connectivity index (χ1n) is 7.68. The Bertz CT molecular complexity index is 895. The minimum absolute atomic E-state index is 0.0561. The molecule has 3 rings (SSSR count). The van der Waals surface area contributed by atoms with Crippen LogP contribution in [-0.2, 0) is 0 Å². The molecule has 1 aromatic rings. The van der Waals surface area contributed by atoms with Gasteiger partial charge in [0.2, 0.25) is 5.96 Å². The van der Waals surface area contributed by atoms with Gasteiger partial charge >= 0.3 is 0 Å². The molecular formula is C20H19N3O. The van der Waals surface area contributed by atoms with Crippen molar-refractivity contribution in [3.8, 4) is 0 Å². The molecule has 0 unspecified atom stereocenters. The van der Waals surface area contributed by atoms with Crippen LogP contribution in [-0.4, -0.2) is 36.4 Å². The van der Waals surface area contributed by atoms with Gasteiger partial charge in [0, 0.05) is 25.2 Å². The van der Waals surface area contributed by atoms with E-state index in [0.29, 0.717) is 22.8 Å². The van der Waals surface area contributed by atoms with Gasteiger partial charge in [-0.2, -0.15) is 0 Å². The molecule has 1 aromatic carbocycles. The summed E-state index contributed by atoms with van der Waals surface area (Å²) in [6, 6.07) is 7.51. The quantitative estimate of drug-likeness (QED) is 0.800. The first-order valence-corrected chi connectivity index (χ1v) is 7.68. The van der Waals surface area contributed by atoms with Crippen LogP contribution in [0.3, 0.4) is 0 Å². The Balaban J connectivity index is 2.35. The van der Waals surface area contributed by atoms with Crippen molar-refractivity contribution in [2.45, 2.75) is 6.92 Å². The van der Waals surface area contributed by atoms with Crippen LogP contribution in [0.2, 0.25) is 0 Å². The molecule has 1 heterocycles. The van der Waals surface area contributed by atoms with Gasteiger partial charge in [-0.15, -0.1) is 0 Å². The van der Waals surface area contributed by atoms with Crippen molar-refractivity contribution in [3.63, 3.8) is 0 Å². The summed E-state index contributed by atoms with van der Waals surface area (Å²) in [5, 5.41) is 0. The first kappa shape index (κ1) is 15.9. The monoisotopic (exact) mass is 317 g/mol. The van der Waals surface area contributed by atoms with Gasteiger partial charge in [-0.1, -0.05) is 55.1 Å². The normalized spacial score (nSPS) is 16.3. The number of hydrogen-bond donors (Lipinski definition) is 0. The zero-order valence-electron chi connectivity index (χ0n) is 14.1. The predicted molar refractivity (Wildman–Crippen MR) is 98.6 cm³/mol. The fourth-order valence-corrected chi connectivity index (χ4v) is 2.83. The number of allylic oxidation sites excluding steroid dienone is 6. The summed E-state index contributed by atoms with van der Waals surface area (Å²) in [4.78, 5) is 24.2. The Morgan fingerprint density at radius 2 is 1.83 bits per heavy atom. The number of aliphatic imine (C=N–C) groups is 2. The van der Waals surface area contributed by atoms with Crippen LogP contribution in [0.4, 0.5) is 0 Å². The van der Waals surface area contributed by atoms with Gasteiger partial charge in [-0.25, -0.2) is 9.98 Å². The van der Waals surface area contributed by atoms with Crippen LogP contribution >= 0.6 is 0 Å². The van der Waals surface area contributed by atoms with E-state index in [-0.39, 0.29) is 5.78 Å². The van der Waals surface area contributed by atoms with Gasteiger partial charge < -0.3 is 4.90 Å². The zero-order chi connectivity index (χ0) is 17.4. The number of guanidine groups is 1. The van der Waals surface area contributed by atoms with Crippen LogP contribution in [0.5, 0.6) is 0 Å². The van der Waals surface area contributed by atoms with Crippen LogP contribution in [0.1, 0.15) is 22.8 Å². The first-order chi connectivity index (χ1) is 11.5. The van der Waals surface area contributed by atoms with E-state index in [2.05, 4.69) is 23.1 Å². The number of hydrogen-bond acceptors (Lipinski definition) is 4. The molecule has 0 atom stereocenters. The summed E-state index contributed by atoms with van der Waals surface area (Å²) in [7, 11) is 3.76. The summed E-state index contributed by atoms with van der Waals surface area (Å²) in [6.07, 6.45) is 3.46. The number of carbonyl (C=O) groups excluding carboxylic acids is 1. The molecule has 0 N–H and O–H groups in total. The fraction of sp³-hybridized carbons (Fsp3) is 0.150. The highest BCUT2D eigenvalue weighted by Crippen LogP contribution is 2.36. The second-order valence-corrected chi connectivity index (χ2v) is 5.96. The highest BCUT2D eigenvalue weighted by Gasteiger charge is 2.35. The van der Waals surface area contributed by atoms with Gasteiger partial charge in [0.15, 0.2) is 5.78 Å². The molecule has 1 aliphatic heterocycles. The Morgan fingerprint density at radius 1 is 1.17 bits per heavy atom. The van der Waals surface area contributed by atoms with Crippen molar-refractivity contribution >= 4 is 17.5 Å². The van der Waals surface area contributed by atoms with Crippen molar-refractivity contribution in [1.29, 1.82) is 0 Å². The number of Topliss-reactive ketones (excluding diaryl/α,β-unsaturated/α-hetero) is 1. The lowest BCUT2D eigenvalue weighted by atomic mass is 9.82. The minimum atomic E-state index is -0.0561. The summed E-state index contributed by atoms with van der Waals surface area (Å²) >= 11 is 0. The molecule has 4 nitrogen and oxygen atoms in total. The van der Waals surface area contributed by atoms with E-state index in [0.717, 1.165) is 22.4 Å². The number of fused-ring (bicyclic) bond motifs is 3. The number of carbonyl (C=O) groups is 1. The van der Waals surface area contributed by atoms with Crippen LogP contribution in [0, 0.1) is 0 Å². The Hall–Kier alpha value is -3.01. The van der Waals surface area contributed by atoms with Gasteiger partial charge in [-0.05, 0) is 12.5 Å². The molecule has 1 aliphatic carbocycles. The van der Waals surface area contributed by atoms with E-state index < -0.39 is 0 Å². The van der Waals surface area contributed by atoms with Crippen molar-refractivity contribution in [1.82, 2.24) is 4.90 Å². The van der Waals surface area contributed by atoms with Gasteiger partial charge in [0.1, 0.15) is 11.4 Å². The maximum atomic E-state index is 13.1. The standard InChI is InChI=1S/C20H19N3O/c1-6-9-13(12(2)3)16-18-17(21-20(22-18)23(4)5)14-10-7-8-11-15(14)19(16)24/h6-11H,1-2H2,3-5H3/b13-9+. The van der Waals surface area contributed by atoms with E-state index in [1.165, 1.54) is 0 Å². The van der Waals surface area contributed by atoms with Crippen molar-refractivity contribution < 1.29 is 4.79 Å². The molecule has 0 aromatic heterocycles. The van der Waals surface area contributed by atoms with Gasteiger partial charge in [0.05, 0.1) is 5.57 Å². The molecule has 4 heteroatoms. The topological polar surface area (TPSA) is 45.0 Å². The summed E-state index contributed by atoms with van der Waals surface area (Å²) in [6.45, 7) is 9.63. The van der Waals surface area contributed by atoms with E-state index in [4.69, 9.17) is 0 Å². The molecule has 0 bridgehead atoms. The summed E-state index contributed by atoms with van der Waals surface area (Å²) in [5.74, 6) is 0.529. The lowest BCUT2D eigenvalue weighted by molar-refractivity contribution is 0.103. The minimum Gasteiger partial charge on any atom is -0.347 e. The average molecular weight is 317 g/mol. The molecule has 0 saturated heterocycles. The lowest BCUT2D eigenvalue weighted by Gasteiger charge is -2.21. The van der Waals surface area contributed by atoms with Gasteiger partial charge in [0.25, 0.3) is 0 Å². The van der Waals surface area contributed by atoms with Crippen LogP contribution in [0.25, 0.3) is 0 Å². The smallest absolute Gasteiger partial charge is 0.226 e. The molecule has 0 fully saturated rings. The van der Waals surface area contributed by atoms with Crippen LogP contribution < -0.4 is 0 Å². The maximum Gasteiger partial charge on any atom is 0.226 e. The Labute approximate surface area is 141 Å². The Kier molecular flexibility index (Phi) is 3.89. The summed E-state index contributed by atoms with van der Waals surface area (Å²) < 4.78 is 0. The molecule has 0 radical (unpaired) electrons. The van der Waals surface area contributed by atoms with Gasteiger partial charge in [-0.3, -0.25) is 4.79 Å². The number of benzene rings is 1. The lowest BCUT2D eigenvalue weighted by Crippen LogP contribution is -2.22. The number of nitrogens with zero attached hydrogens (tertiary/aromatic N) is 3. The fourth-order valence-electron chi connectivity index (χ4n) is 2.83. The molecular weight excluding hydrogens is 298 g/mol. The van der Waals surface area contributed by atoms with Crippen molar-refractivity contribution in [2.75, 3.05) is 14.1 Å². The maximum absolute atomic E-state index is 13.1. The number of ketones is 1. The molecule has 24 heavy (non-hydrogen) atoms. The van der Waals surface area contributed by atoms with E-state index in [9.17, 15) is 4.79 Å². The molecule has 2 aliphatic rings. The highest BCUT2D eigenvalue weighted by atomic mass is 16.1. The largest absolute Gasteiger partial charge is 0.347 e. The van der Waals surface area contributed by atoms with E-state index in [1.54, 1.807) is 12.2 Å². The summed E-state index contributed by atoms with van der Waals surface area (Å²) in [5.41, 5.74) is 4.88. The Morgan fingerprint density at radius 3 is 2.42 bits per heavy atom. The molecule has 0 saturated carbocycles. The number of rotatable bonds is 3. The van der Waals surface area contributed by atoms with E-state index in [1.807, 2.05) is 50.2 Å². The van der Waals surface area contributed by atoms with E-state index >= 15 is 0 Å². The third-order valence-electron chi connectivity index (χ3n) is 3.95. The molecule has 0 spiro atoms. The third kappa shape index (κ3) is 2.36.